The zero-order valence-corrected chi connectivity index (χ0v) is 15.9. The molecular weight excluding hydrogens is 358 g/mol. The van der Waals surface area contributed by atoms with Crippen molar-refractivity contribution in [2.75, 3.05) is 39.4 Å². The van der Waals surface area contributed by atoms with Crippen LogP contribution >= 0.6 is 0 Å². The molecular formula is C21H27N3O4. The zero-order valence-electron chi connectivity index (χ0n) is 15.9. The lowest BCUT2D eigenvalue weighted by Gasteiger charge is -2.33. The van der Waals surface area contributed by atoms with Gasteiger partial charge in [0.1, 0.15) is 5.76 Å². The molecule has 150 valence electrons. The van der Waals surface area contributed by atoms with E-state index in [2.05, 4.69) is 27.7 Å². The molecule has 1 aliphatic rings. The first-order chi connectivity index (χ1) is 13.7. The predicted octanol–water partition coefficient (Wildman–Crippen LogP) is 1.52. The molecule has 7 nitrogen and oxygen atoms in total. The van der Waals surface area contributed by atoms with Crippen LogP contribution in [0.5, 0.6) is 0 Å². The first kappa shape index (κ1) is 20.1. The fourth-order valence-corrected chi connectivity index (χ4v) is 3.27. The van der Waals surface area contributed by atoms with Gasteiger partial charge in [-0.15, -0.1) is 0 Å². The van der Waals surface area contributed by atoms with E-state index in [0.29, 0.717) is 26.3 Å². The second-order valence-corrected chi connectivity index (χ2v) is 6.73. The number of aryl methyl sites for hydroxylation is 1. The molecule has 2 N–H and O–H groups in total. The molecule has 3 rings (SSSR count). The number of nitrogens with one attached hydrogen (secondary N) is 2. The number of benzene rings is 1. The summed E-state index contributed by atoms with van der Waals surface area (Å²) in [5, 5.41) is 5.42. The normalized spacial score (nSPS) is 15.7. The minimum Gasteiger partial charge on any atom is -0.468 e. The van der Waals surface area contributed by atoms with E-state index in [0.717, 1.165) is 31.7 Å². The third-order valence-corrected chi connectivity index (χ3v) is 4.79. The van der Waals surface area contributed by atoms with E-state index in [1.165, 1.54) is 5.56 Å². The maximum Gasteiger partial charge on any atom is 0.309 e. The van der Waals surface area contributed by atoms with E-state index in [-0.39, 0.29) is 6.04 Å². The summed E-state index contributed by atoms with van der Waals surface area (Å²) >= 11 is 0. The van der Waals surface area contributed by atoms with Gasteiger partial charge in [-0.25, -0.2) is 0 Å². The van der Waals surface area contributed by atoms with Crippen LogP contribution in [-0.4, -0.2) is 56.1 Å². The smallest absolute Gasteiger partial charge is 0.309 e. The molecule has 1 aromatic carbocycles. The van der Waals surface area contributed by atoms with Crippen LogP contribution < -0.4 is 10.6 Å². The Hall–Kier alpha value is -2.64. The van der Waals surface area contributed by atoms with Crippen LogP contribution in [0.15, 0.2) is 53.1 Å². The number of furan rings is 1. The zero-order chi connectivity index (χ0) is 19.6. The fraction of sp³-hybridized carbons (Fsp3) is 0.429. The molecule has 0 saturated carbocycles. The van der Waals surface area contributed by atoms with Crippen LogP contribution in [0.3, 0.4) is 0 Å². The largest absolute Gasteiger partial charge is 0.468 e. The molecule has 0 bridgehead atoms. The van der Waals surface area contributed by atoms with E-state index >= 15 is 0 Å². The molecule has 1 aromatic heterocycles. The van der Waals surface area contributed by atoms with Crippen LogP contribution in [0.4, 0.5) is 0 Å². The Labute approximate surface area is 165 Å². The first-order valence-electron chi connectivity index (χ1n) is 9.69. The Bertz CT molecular complexity index is 727. The summed E-state index contributed by atoms with van der Waals surface area (Å²) in [6.07, 6.45) is 3.26. The Morgan fingerprint density at radius 1 is 1.00 bits per heavy atom. The van der Waals surface area contributed by atoms with Gasteiger partial charge in [0, 0.05) is 26.2 Å². The van der Waals surface area contributed by atoms with E-state index in [1.54, 1.807) is 6.26 Å². The Morgan fingerprint density at radius 2 is 1.75 bits per heavy atom. The van der Waals surface area contributed by atoms with E-state index in [9.17, 15) is 9.59 Å². The summed E-state index contributed by atoms with van der Waals surface area (Å²) in [6.45, 7) is 3.58. The molecule has 1 aliphatic heterocycles. The van der Waals surface area contributed by atoms with Crippen molar-refractivity contribution < 1.29 is 18.7 Å². The van der Waals surface area contributed by atoms with Crippen molar-refractivity contribution in [2.45, 2.75) is 18.9 Å². The standard InChI is InChI=1S/C21H27N3O4/c25-20(22-10-4-8-17-6-2-1-3-7-17)21(26)23-16-18(19-9-5-13-28-19)24-11-14-27-15-12-24/h1-3,5-7,9,13,18H,4,8,10-12,14-16H2,(H,22,25)(H,23,26). The number of carbonyl (C=O) groups excluding carboxylic acids is 2. The minimum atomic E-state index is -0.621. The third kappa shape index (κ3) is 5.94. The van der Waals surface area contributed by atoms with Crippen molar-refractivity contribution in [3.8, 4) is 0 Å². The summed E-state index contributed by atoms with van der Waals surface area (Å²) in [5.74, 6) is -0.455. The second-order valence-electron chi connectivity index (χ2n) is 6.73. The van der Waals surface area contributed by atoms with Gasteiger partial charge in [-0.05, 0) is 30.5 Å². The molecule has 1 unspecified atom stereocenters. The van der Waals surface area contributed by atoms with Gasteiger partial charge in [0.25, 0.3) is 0 Å². The lowest BCUT2D eigenvalue weighted by atomic mass is 10.1. The van der Waals surface area contributed by atoms with Crippen LogP contribution in [0.2, 0.25) is 0 Å². The van der Waals surface area contributed by atoms with Gasteiger partial charge in [-0.1, -0.05) is 30.3 Å². The Kier molecular flexibility index (Phi) is 7.63. The van der Waals surface area contributed by atoms with Crippen LogP contribution in [-0.2, 0) is 20.7 Å². The van der Waals surface area contributed by atoms with Crippen LogP contribution in [0.25, 0.3) is 0 Å². The van der Waals surface area contributed by atoms with Gasteiger partial charge in [0.15, 0.2) is 0 Å². The van der Waals surface area contributed by atoms with Gasteiger partial charge >= 0.3 is 11.8 Å². The monoisotopic (exact) mass is 385 g/mol. The van der Waals surface area contributed by atoms with Crippen molar-refractivity contribution in [1.29, 1.82) is 0 Å². The van der Waals surface area contributed by atoms with Crippen molar-refractivity contribution in [3.63, 3.8) is 0 Å². The first-order valence-corrected chi connectivity index (χ1v) is 9.69. The molecule has 2 amide bonds. The van der Waals surface area contributed by atoms with E-state index < -0.39 is 11.8 Å². The summed E-state index contributed by atoms with van der Waals surface area (Å²) in [5.41, 5.74) is 1.22. The van der Waals surface area contributed by atoms with E-state index in [4.69, 9.17) is 9.15 Å². The predicted molar refractivity (Wildman–Crippen MR) is 105 cm³/mol. The highest BCUT2D eigenvalue weighted by molar-refractivity contribution is 6.35. The van der Waals surface area contributed by atoms with Crippen molar-refractivity contribution in [1.82, 2.24) is 15.5 Å². The summed E-state index contributed by atoms with van der Waals surface area (Å²) in [7, 11) is 0. The topological polar surface area (TPSA) is 83.8 Å². The third-order valence-electron chi connectivity index (χ3n) is 4.79. The summed E-state index contributed by atoms with van der Waals surface area (Å²) in [6, 6.07) is 13.6. The molecule has 0 radical (unpaired) electrons. The van der Waals surface area contributed by atoms with Crippen LogP contribution in [0, 0.1) is 0 Å². The molecule has 2 heterocycles. The second kappa shape index (κ2) is 10.6. The van der Waals surface area contributed by atoms with Gasteiger partial charge in [-0.2, -0.15) is 0 Å². The Morgan fingerprint density at radius 3 is 2.46 bits per heavy atom. The fourth-order valence-electron chi connectivity index (χ4n) is 3.27. The lowest BCUT2D eigenvalue weighted by Crippen LogP contribution is -2.46. The number of ether oxygens (including phenoxy) is 1. The highest BCUT2D eigenvalue weighted by Gasteiger charge is 2.26. The highest BCUT2D eigenvalue weighted by Crippen LogP contribution is 2.21. The average molecular weight is 385 g/mol. The van der Waals surface area contributed by atoms with Gasteiger partial charge in [0.2, 0.25) is 0 Å². The van der Waals surface area contributed by atoms with Gasteiger partial charge in [0.05, 0.1) is 25.5 Å². The number of nitrogens with zero attached hydrogens (tertiary/aromatic N) is 1. The number of rotatable bonds is 8. The molecule has 7 heteroatoms. The summed E-state index contributed by atoms with van der Waals surface area (Å²) in [4.78, 5) is 26.4. The molecule has 0 aliphatic carbocycles. The molecule has 28 heavy (non-hydrogen) atoms. The number of morpholine rings is 1. The maximum atomic E-state index is 12.2. The highest BCUT2D eigenvalue weighted by atomic mass is 16.5. The van der Waals surface area contributed by atoms with Gasteiger partial charge in [-0.3, -0.25) is 14.5 Å². The Balaban J connectivity index is 1.42. The van der Waals surface area contributed by atoms with Crippen molar-refractivity contribution >= 4 is 11.8 Å². The van der Waals surface area contributed by atoms with Crippen LogP contribution in [0.1, 0.15) is 23.8 Å². The quantitative estimate of drug-likeness (QED) is 0.532. The number of hydrogen-bond acceptors (Lipinski definition) is 5. The van der Waals surface area contributed by atoms with Gasteiger partial charge < -0.3 is 19.8 Å². The minimum absolute atomic E-state index is 0.117. The number of carbonyl (C=O) groups is 2. The molecule has 1 fully saturated rings. The summed E-state index contributed by atoms with van der Waals surface area (Å²) < 4.78 is 10.9. The molecule has 1 saturated heterocycles. The lowest BCUT2D eigenvalue weighted by molar-refractivity contribution is -0.139. The number of amides is 2. The van der Waals surface area contributed by atoms with Crippen molar-refractivity contribution in [2.24, 2.45) is 0 Å². The molecule has 1 atom stereocenters. The van der Waals surface area contributed by atoms with Crippen molar-refractivity contribution in [3.05, 3.63) is 60.1 Å². The average Bonchev–Trinajstić information content (AvgIpc) is 3.27. The maximum absolute atomic E-state index is 12.2. The number of hydrogen-bond donors (Lipinski definition) is 2. The van der Waals surface area contributed by atoms with E-state index in [1.807, 2.05) is 30.3 Å². The molecule has 0 spiro atoms. The SMILES string of the molecule is O=C(NCCCc1ccccc1)C(=O)NCC(c1ccco1)N1CCOCC1. The molecule has 2 aromatic rings.